The largest absolute Gasteiger partial charge is 0.384 e. The Balaban J connectivity index is 2.24. The second kappa shape index (κ2) is 5.22. The van der Waals surface area contributed by atoms with Crippen LogP contribution in [0, 0.1) is 10.1 Å². The van der Waals surface area contributed by atoms with Gasteiger partial charge in [-0.1, -0.05) is 0 Å². The van der Waals surface area contributed by atoms with Crippen molar-refractivity contribution >= 4 is 33.1 Å². The molecule has 19 heavy (non-hydrogen) atoms. The number of aryl methyl sites for hydroxylation is 1. The van der Waals surface area contributed by atoms with Crippen molar-refractivity contribution in [3.8, 4) is 0 Å². The van der Waals surface area contributed by atoms with E-state index in [9.17, 15) is 10.1 Å². The lowest BCUT2D eigenvalue weighted by molar-refractivity contribution is -0.384. The number of pyridine rings is 1. The van der Waals surface area contributed by atoms with Gasteiger partial charge in [0, 0.05) is 25.4 Å². The standard InChI is InChI=1S/C10H11BrN6O2/c1-16-10(12)6(3-15-16)2-14-9-7(11)4-13-5-8(9)17(18)19/h3-5H,2,12H2,1H3,(H,13,14). The van der Waals surface area contributed by atoms with Gasteiger partial charge in [-0.15, -0.1) is 0 Å². The lowest BCUT2D eigenvalue weighted by atomic mass is 10.3. The van der Waals surface area contributed by atoms with Gasteiger partial charge in [-0.3, -0.25) is 19.8 Å². The first-order chi connectivity index (χ1) is 9.00. The second-order valence-electron chi connectivity index (χ2n) is 3.80. The molecular weight excluding hydrogens is 316 g/mol. The average molecular weight is 327 g/mol. The highest BCUT2D eigenvalue weighted by atomic mass is 79.9. The molecule has 0 aliphatic heterocycles. The maximum Gasteiger partial charge on any atom is 0.311 e. The van der Waals surface area contributed by atoms with Crippen molar-refractivity contribution < 1.29 is 4.92 Å². The van der Waals surface area contributed by atoms with E-state index in [-0.39, 0.29) is 5.69 Å². The lowest BCUT2D eigenvalue weighted by Crippen LogP contribution is -2.06. The van der Waals surface area contributed by atoms with Gasteiger partial charge in [0.25, 0.3) is 0 Å². The van der Waals surface area contributed by atoms with Gasteiger partial charge in [0.15, 0.2) is 0 Å². The number of anilines is 2. The van der Waals surface area contributed by atoms with E-state index in [1.54, 1.807) is 13.2 Å². The maximum atomic E-state index is 10.9. The van der Waals surface area contributed by atoms with Crippen LogP contribution in [0.5, 0.6) is 0 Å². The van der Waals surface area contributed by atoms with E-state index in [1.807, 2.05) is 0 Å². The predicted octanol–water partition coefficient (Wildman–Crippen LogP) is 1.68. The molecule has 0 amide bonds. The van der Waals surface area contributed by atoms with Crippen molar-refractivity contribution in [2.75, 3.05) is 11.1 Å². The van der Waals surface area contributed by atoms with Gasteiger partial charge in [-0.2, -0.15) is 5.10 Å². The third kappa shape index (κ3) is 2.65. The molecule has 0 fully saturated rings. The summed E-state index contributed by atoms with van der Waals surface area (Å²) < 4.78 is 2.05. The van der Waals surface area contributed by atoms with Crippen molar-refractivity contribution in [2.45, 2.75) is 6.54 Å². The highest BCUT2D eigenvalue weighted by Crippen LogP contribution is 2.31. The van der Waals surface area contributed by atoms with E-state index in [2.05, 4.69) is 31.3 Å². The third-order valence-corrected chi connectivity index (χ3v) is 3.20. The van der Waals surface area contributed by atoms with Gasteiger partial charge in [0.2, 0.25) is 0 Å². The highest BCUT2D eigenvalue weighted by Gasteiger charge is 2.17. The molecule has 0 aliphatic rings. The van der Waals surface area contributed by atoms with Crippen LogP contribution in [0.4, 0.5) is 17.2 Å². The molecule has 0 bridgehead atoms. The molecule has 0 saturated carbocycles. The molecule has 2 aromatic heterocycles. The van der Waals surface area contributed by atoms with Crippen LogP contribution in [0.3, 0.4) is 0 Å². The van der Waals surface area contributed by atoms with Crippen molar-refractivity contribution in [2.24, 2.45) is 7.05 Å². The zero-order valence-electron chi connectivity index (χ0n) is 10.00. The SMILES string of the molecule is Cn1ncc(CNc2c(Br)cncc2[N+](=O)[O-])c1N. The number of nitrogens with two attached hydrogens (primary N) is 1. The fourth-order valence-corrected chi connectivity index (χ4v) is 2.01. The fraction of sp³-hybridized carbons (Fsp3) is 0.200. The molecule has 2 rings (SSSR count). The molecule has 0 aliphatic carbocycles. The number of nitrogens with one attached hydrogen (secondary N) is 1. The van der Waals surface area contributed by atoms with Crippen molar-refractivity contribution in [1.29, 1.82) is 0 Å². The van der Waals surface area contributed by atoms with E-state index < -0.39 is 4.92 Å². The molecule has 0 unspecified atom stereocenters. The Kier molecular flexibility index (Phi) is 3.65. The van der Waals surface area contributed by atoms with E-state index in [0.29, 0.717) is 22.5 Å². The minimum Gasteiger partial charge on any atom is -0.384 e. The number of nitrogens with zero attached hydrogens (tertiary/aromatic N) is 4. The first-order valence-electron chi connectivity index (χ1n) is 5.28. The van der Waals surface area contributed by atoms with E-state index in [1.165, 1.54) is 17.1 Å². The molecule has 0 spiro atoms. The van der Waals surface area contributed by atoms with Crippen LogP contribution in [0.1, 0.15) is 5.56 Å². The number of hydrogen-bond donors (Lipinski definition) is 2. The number of halogens is 1. The van der Waals surface area contributed by atoms with Crippen LogP contribution < -0.4 is 11.1 Å². The topological polar surface area (TPSA) is 112 Å². The molecule has 0 aromatic carbocycles. The van der Waals surface area contributed by atoms with Crippen molar-refractivity contribution in [1.82, 2.24) is 14.8 Å². The highest BCUT2D eigenvalue weighted by molar-refractivity contribution is 9.10. The Morgan fingerprint density at radius 2 is 2.26 bits per heavy atom. The number of rotatable bonds is 4. The molecular formula is C10H11BrN6O2. The zero-order valence-corrected chi connectivity index (χ0v) is 11.6. The van der Waals surface area contributed by atoms with Crippen molar-refractivity contribution in [3.63, 3.8) is 0 Å². The predicted molar refractivity (Wildman–Crippen MR) is 73.5 cm³/mol. The number of nitrogen functional groups attached to an aromatic ring is 1. The number of hydrogen-bond acceptors (Lipinski definition) is 6. The van der Waals surface area contributed by atoms with Crippen LogP contribution in [0.15, 0.2) is 23.1 Å². The first kappa shape index (κ1) is 13.3. The van der Waals surface area contributed by atoms with Gasteiger partial charge >= 0.3 is 5.69 Å². The Hall–Kier alpha value is -2.16. The molecule has 9 heteroatoms. The molecule has 2 aromatic rings. The third-order valence-electron chi connectivity index (χ3n) is 2.60. The van der Waals surface area contributed by atoms with Crippen LogP contribution in [-0.4, -0.2) is 19.7 Å². The summed E-state index contributed by atoms with van der Waals surface area (Å²) >= 11 is 3.23. The zero-order chi connectivity index (χ0) is 14.0. The van der Waals surface area contributed by atoms with Gasteiger partial charge in [0.1, 0.15) is 17.7 Å². The second-order valence-corrected chi connectivity index (χ2v) is 4.66. The Labute approximate surface area is 116 Å². The fourth-order valence-electron chi connectivity index (χ4n) is 1.55. The first-order valence-corrected chi connectivity index (χ1v) is 6.08. The molecule has 0 radical (unpaired) electrons. The van der Waals surface area contributed by atoms with E-state index in [4.69, 9.17) is 5.73 Å². The summed E-state index contributed by atoms with van der Waals surface area (Å²) in [7, 11) is 1.73. The van der Waals surface area contributed by atoms with Gasteiger partial charge in [-0.05, 0) is 15.9 Å². The minimum atomic E-state index is -0.493. The Bertz CT molecular complexity index is 626. The summed E-state index contributed by atoms with van der Waals surface area (Å²) in [6.07, 6.45) is 4.30. The summed E-state index contributed by atoms with van der Waals surface area (Å²) in [4.78, 5) is 14.2. The quantitative estimate of drug-likeness (QED) is 0.653. The molecule has 8 nitrogen and oxygen atoms in total. The molecule has 0 saturated heterocycles. The average Bonchev–Trinajstić information content (AvgIpc) is 2.68. The summed E-state index contributed by atoms with van der Waals surface area (Å²) in [5, 5.41) is 17.9. The van der Waals surface area contributed by atoms with Crippen LogP contribution in [-0.2, 0) is 13.6 Å². The Morgan fingerprint density at radius 1 is 1.53 bits per heavy atom. The summed E-state index contributed by atoms with van der Waals surface area (Å²) in [5.41, 5.74) is 6.83. The number of aromatic nitrogens is 3. The number of nitro groups is 1. The lowest BCUT2D eigenvalue weighted by Gasteiger charge is -2.08. The van der Waals surface area contributed by atoms with E-state index in [0.717, 1.165) is 5.56 Å². The molecule has 3 N–H and O–H groups in total. The summed E-state index contributed by atoms with van der Waals surface area (Å²) in [6, 6.07) is 0. The van der Waals surface area contributed by atoms with Crippen molar-refractivity contribution in [3.05, 3.63) is 38.7 Å². The molecule has 0 atom stereocenters. The van der Waals surface area contributed by atoms with Gasteiger partial charge < -0.3 is 11.1 Å². The van der Waals surface area contributed by atoms with Gasteiger partial charge in [-0.25, -0.2) is 0 Å². The molecule has 100 valence electrons. The van der Waals surface area contributed by atoms with Gasteiger partial charge in [0.05, 0.1) is 15.6 Å². The van der Waals surface area contributed by atoms with Crippen LogP contribution in [0.2, 0.25) is 0 Å². The monoisotopic (exact) mass is 326 g/mol. The summed E-state index contributed by atoms with van der Waals surface area (Å²) in [6.45, 7) is 0.336. The van der Waals surface area contributed by atoms with Crippen LogP contribution >= 0.6 is 15.9 Å². The Morgan fingerprint density at radius 3 is 2.84 bits per heavy atom. The minimum absolute atomic E-state index is 0.100. The van der Waals surface area contributed by atoms with Crippen LogP contribution in [0.25, 0.3) is 0 Å². The normalized spacial score (nSPS) is 10.4. The summed E-state index contributed by atoms with van der Waals surface area (Å²) in [5.74, 6) is 0.514. The molecule has 2 heterocycles. The maximum absolute atomic E-state index is 10.9. The van der Waals surface area contributed by atoms with E-state index >= 15 is 0 Å². The smallest absolute Gasteiger partial charge is 0.311 e.